The average molecular weight is 289 g/mol. The zero-order valence-electron chi connectivity index (χ0n) is 13.5. The molecule has 0 radical (unpaired) electrons. The van der Waals surface area contributed by atoms with Crippen molar-refractivity contribution >= 4 is 11.9 Å². The van der Waals surface area contributed by atoms with E-state index in [0.29, 0.717) is 17.8 Å². The van der Waals surface area contributed by atoms with E-state index in [1.165, 1.54) is 0 Å². The smallest absolute Gasteiger partial charge is 0.257 e. The molecule has 21 heavy (non-hydrogen) atoms. The Bertz CT molecular complexity index is 586. The van der Waals surface area contributed by atoms with Gasteiger partial charge in [0.25, 0.3) is 5.95 Å². The zero-order chi connectivity index (χ0) is 15.6. The lowest BCUT2D eigenvalue weighted by Gasteiger charge is -2.35. The summed E-state index contributed by atoms with van der Waals surface area (Å²) in [7, 11) is 3.79. The van der Waals surface area contributed by atoms with Crippen LogP contribution in [0.2, 0.25) is 0 Å². The highest BCUT2D eigenvalue weighted by Gasteiger charge is 2.26. The van der Waals surface area contributed by atoms with Crippen molar-refractivity contribution in [2.45, 2.75) is 33.7 Å². The Kier molecular flexibility index (Phi) is 4.11. The monoisotopic (exact) mass is 289 g/mol. The first-order chi connectivity index (χ1) is 9.82. The van der Waals surface area contributed by atoms with Crippen LogP contribution in [0.5, 0.6) is 0 Å². The number of hydrogen-bond donors (Lipinski definition) is 1. The van der Waals surface area contributed by atoms with Crippen LogP contribution < -0.4 is 10.2 Å². The van der Waals surface area contributed by atoms with Crippen molar-refractivity contribution in [1.82, 2.24) is 24.7 Å². The van der Waals surface area contributed by atoms with E-state index >= 15 is 0 Å². The standard InChI is InChI=1S/C14H23N7/c1-10(14(2,3)4)20(6)12-17-11(15-5)18-13(19-12)21-9-7-8-16-21/h7-10H,1-6H3,(H,15,17,18,19). The van der Waals surface area contributed by atoms with Gasteiger partial charge in [0.05, 0.1) is 0 Å². The maximum Gasteiger partial charge on any atom is 0.257 e. The van der Waals surface area contributed by atoms with Crippen molar-refractivity contribution < 1.29 is 0 Å². The summed E-state index contributed by atoms with van der Waals surface area (Å²) in [6.45, 7) is 8.75. The fourth-order valence-electron chi connectivity index (χ4n) is 1.87. The van der Waals surface area contributed by atoms with E-state index in [1.54, 1.807) is 17.9 Å². The zero-order valence-corrected chi connectivity index (χ0v) is 13.5. The van der Waals surface area contributed by atoms with Gasteiger partial charge >= 0.3 is 0 Å². The first kappa shape index (κ1) is 15.2. The van der Waals surface area contributed by atoms with Crippen LogP contribution in [0.3, 0.4) is 0 Å². The Labute approximate surface area is 125 Å². The van der Waals surface area contributed by atoms with Crippen LogP contribution in [0.1, 0.15) is 27.7 Å². The van der Waals surface area contributed by atoms with Gasteiger partial charge in [0, 0.05) is 32.5 Å². The highest BCUT2D eigenvalue weighted by atomic mass is 15.4. The highest BCUT2D eigenvalue weighted by molar-refractivity contribution is 5.40. The van der Waals surface area contributed by atoms with Gasteiger partial charge in [0.1, 0.15) is 0 Å². The van der Waals surface area contributed by atoms with Crippen molar-refractivity contribution in [1.29, 1.82) is 0 Å². The second-order valence-corrected chi connectivity index (χ2v) is 6.11. The molecule has 7 heteroatoms. The fourth-order valence-corrected chi connectivity index (χ4v) is 1.87. The van der Waals surface area contributed by atoms with Crippen LogP contribution in [0.25, 0.3) is 5.95 Å². The molecule has 2 heterocycles. The minimum Gasteiger partial charge on any atom is -0.357 e. The molecule has 7 nitrogen and oxygen atoms in total. The molecule has 0 saturated carbocycles. The summed E-state index contributed by atoms with van der Waals surface area (Å²) >= 11 is 0. The maximum absolute atomic E-state index is 4.52. The molecule has 1 unspecified atom stereocenters. The third kappa shape index (κ3) is 3.29. The average Bonchev–Trinajstić information content (AvgIpc) is 2.98. The van der Waals surface area contributed by atoms with Gasteiger partial charge in [-0.15, -0.1) is 0 Å². The quantitative estimate of drug-likeness (QED) is 0.928. The van der Waals surface area contributed by atoms with Crippen molar-refractivity contribution in [2.75, 3.05) is 24.3 Å². The lowest BCUT2D eigenvalue weighted by molar-refractivity contribution is 0.327. The van der Waals surface area contributed by atoms with Gasteiger partial charge in [-0.1, -0.05) is 20.8 Å². The molecule has 0 spiro atoms. The van der Waals surface area contributed by atoms with Crippen molar-refractivity contribution in [3.8, 4) is 5.95 Å². The van der Waals surface area contributed by atoms with Crippen molar-refractivity contribution in [3.63, 3.8) is 0 Å². The molecule has 0 saturated heterocycles. The molecule has 114 valence electrons. The van der Waals surface area contributed by atoms with E-state index in [-0.39, 0.29) is 11.5 Å². The number of rotatable bonds is 4. The molecule has 0 aliphatic carbocycles. The topological polar surface area (TPSA) is 71.8 Å². The molecule has 1 N–H and O–H groups in total. The van der Waals surface area contributed by atoms with Gasteiger partial charge in [-0.25, -0.2) is 4.68 Å². The Morgan fingerprint density at radius 3 is 2.48 bits per heavy atom. The van der Waals surface area contributed by atoms with Crippen molar-refractivity contribution in [3.05, 3.63) is 18.5 Å². The molecule has 0 aliphatic heterocycles. The van der Waals surface area contributed by atoms with Crippen LogP contribution in [0.4, 0.5) is 11.9 Å². The Hall–Kier alpha value is -2.18. The van der Waals surface area contributed by atoms with Gasteiger partial charge in [0.2, 0.25) is 11.9 Å². The number of aromatic nitrogens is 5. The molecule has 0 fully saturated rings. The van der Waals surface area contributed by atoms with E-state index in [2.05, 4.69) is 58.0 Å². The highest BCUT2D eigenvalue weighted by Crippen LogP contribution is 2.26. The number of hydrogen-bond acceptors (Lipinski definition) is 6. The van der Waals surface area contributed by atoms with E-state index in [4.69, 9.17) is 0 Å². The van der Waals surface area contributed by atoms with Gasteiger partial charge in [-0.05, 0) is 18.4 Å². The molecule has 2 rings (SSSR count). The van der Waals surface area contributed by atoms with Gasteiger partial charge in [-0.3, -0.25) is 0 Å². The Balaban J connectivity index is 2.42. The van der Waals surface area contributed by atoms with Gasteiger partial charge in [0.15, 0.2) is 0 Å². The lowest BCUT2D eigenvalue weighted by atomic mass is 9.87. The third-order valence-electron chi connectivity index (χ3n) is 3.69. The minimum absolute atomic E-state index is 0.118. The van der Waals surface area contributed by atoms with E-state index < -0.39 is 0 Å². The molecule has 0 bridgehead atoms. The fraction of sp³-hybridized carbons (Fsp3) is 0.571. The summed E-state index contributed by atoms with van der Waals surface area (Å²) < 4.78 is 1.63. The summed E-state index contributed by atoms with van der Waals surface area (Å²) in [6.07, 6.45) is 3.51. The largest absolute Gasteiger partial charge is 0.357 e. The second-order valence-electron chi connectivity index (χ2n) is 6.11. The van der Waals surface area contributed by atoms with Gasteiger partial charge in [-0.2, -0.15) is 20.1 Å². The first-order valence-corrected chi connectivity index (χ1v) is 6.99. The predicted molar refractivity (Wildman–Crippen MR) is 83.8 cm³/mol. The first-order valence-electron chi connectivity index (χ1n) is 6.99. The number of nitrogens with zero attached hydrogens (tertiary/aromatic N) is 6. The van der Waals surface area contributed by atoms with Crippen LogP contribution in [0.15, 0.2) is 18.5 Å². The lowest BCUT2D eigenvalue weighted by Crippen LogP contribution is -2.40. The molecule has 0 aromatic carbocycles. The van der Waals surface area contributed by atoms with E-state index in [9.17, 15) is 0 Å². The Morgan fingerprint density at radius 1 is 1.24 bits per heavy atom. The molecule has 2 aromatic rings. The summed E-state index contributed by atoms with van der Waals surface area (Å²) in [6, 6.07) is 2.11. The predicted octanol–water partition coefficient (Wildman–Crippen LogP) is 1.97. The van der Waals surface area contributed by atoms with E-state index in [0.717, 1.165) is 0 Å². The van der Waals surface area contributed by atoms with Crippen LogP contribution in [-0.4, -0.2) is 44.9 Å². The normalized spacial score (nSPS) is 13.0. The Morgan fingerprint density at radius 2 is 1.95 bits per heavy atom. The summed E-state index contributed by atoms with van der Waals surface area (Å²) in [4.78, 5) is 15.4. The van der Waals surface area contributed by atoms with Gasteiger partial charge < -0.3 is 10.2 Å². The minimum atomic E-state index is 0.118. The van der Waals surface area contributed by atoms with Crippen LogP contribution in [-0.2, 0) is 0 Å². The third-order valence-corrected chi connectivity index (χ3v) is 3.69. The molecule has 0 aliphatic rings. The number of nitrogens with one attached hydrogen (secondary N) is 1. The summed E-state index contributed by atoms with van der Waals surface area (Å²) in [5.41, 5.74) is 0.118. The SMILES string of the molecule is CNc1nc(N(C)C(C)C(C)(C)C)nc(-n2cccn2)n1. The molecular formula is C14H23N7. The summed E-state index contributed by atoms with van der Waals surface area (Å²) in [5, 5.41) is 7.15. The molecule has 0 amide bonds. The van der Waals surface area contributed by atoms with Crippen LogP contribution in [0, 0.1) is 5.41 Å². The second kappa shape index (κ2) is 5.67. The molecule has 2 aromatic heterocycles. The van der Waals surface area contributed by atoms with Crippen molar-refractivity contribution in [2.24, 2.45) is 5.41 Å². The van der Waals surface area contributed by atoms with Crippen LogP contribution >= 0.6 is 0 Å². The van der Waals surface area contributed by atoms with E-state index in [1.807, 2.05) is 19.3 Å². The molecular weight excluding hydrogens is 266 g/mol. The summed E-state index contributed by atoms with van der Waals surface area (Å²) in [5.74, 6) is 1.66. The number of anilines is 2. The molecule has 1 atom stereocenters. The maximum atomic E-state index is 4.52.